The normalized spacial score (nSPS) is 11.9. The summed E-state index contributed by atoms with van der Waals surface area (Å²) in [5.41, 5.74) is 4.35. The van der Waals surface area contributed by atoms with Gasteiger partial charge in [0, 0.05) is 10.6 Å². The van der Waals surface area contributed by atoms with Crippen molar-refractivity contribution in [2.45, 2.75) is 20.0 Å². The molecule has 176 valence electrons. The number of para-hydroxylation sites is 2. The van der Waals surface area contributed by atoms with E-state index in [4.69, 9.17) is 21.1 Å². The van der Waals surface area contributed by atoms with Crippen molar-refractivity contribution < 1.29 is 9.47 Å². The number of allylic oxidation sites excluding steroid dienone is 1. The third kappa shape index (κ3) is 4.67. The van der Waals surface area contributed by atoms with Crippen LogP contribution in [0, 0.1) is 0 Å². The third-order valence-electron chi connectivity index (χ3n) is 5.56. The summed E-state index contributed by atoms with van der Waals surface area (Å²) in [5, 5.41) is 0.683. The molecule has 0 atom stereocenters. The highest BCUT2D eigenvalue weighted by molar-refractivity contribution is 7.15. The van der Waals surface area contributed by atoms with Gasteiger partial charge in [0.1, 0.15) is 6.61 Å². The van der Waals surface area contributed by atoms with Crippen molar-refractivity contribution in [2.75, 3.05) is 6.61 Å². The Morgan fingerprint density at radius 2 is 1.91 bits per heavy atom. The highest BCUT2D eigenvalue weighted by Gasteiger charge is 2.15. The van der Waals surface area contributed by atoms with Gasteiger partial charge in [-0.25, -0.2) is 9.38 Å². The van der Waals surface area contributed by atoms with Crippen molar-refractivity contribution in [3.63, 3.8) is 0 Å². The number of thiazole rings is 1. The van der Waals surface area contributed by atoms with E-state index in [1.54, 1.807) is 4.40 Å². The highest BCUT2D eigenvalue weighted by Crippen LogP contribution is 2.35. The molecule has 3 aromatic carbocycles. The molecule has 7 heteroatoms. The lowest BCUT2D eigenvalue weighted by Gasteiger charge is -2.17. The van der Waals surface area contributed by atoms with Gasteiger partial charge in [-0.15, -0.1) is 6.58 Å². The summed E-state index contributed by atoms with van der Waals surface area (Å²) in [6.45, 7) is 6.70. The van der Waals surface area contributed by atoms with Gasteiger partial charge < -0.3 is 9.47 Å². The minimum absolute atomic E-state index is 0.0787. The quantitative estimate of drug-likeness (QED) is 0.251. The standard InChI is InChI=1S/C28H23ClN2O3S/c1-3-7-20-14-19(15-24(33-4-2)26(20)34-17-18-10-12-21(29)13-11-18)16-25-27(32)31-23-9-6-5-8-22(23)30-28(31)35-25/h3,5-6,8-16H,1,4,7,17H2,2H3/b25-16-. The number of imidazole rings is 1. The van der Waals surface area contributed by atoms with Gasteiger partial charge in [-0.05, 0) is 66.9 Å². The second kappa shape index (κ2) is 9.94. The number of rotatable bonds is 8. The molecule has 0 saturated carbocycles. The number of ether oxygens (including phenoxy) is 2. The zero-order chi connectivity index (χ0) is 24.4. The number of fused-ring (bicyclic) bond motifs is 3. The fourth-order valence-electron chi connectivity index (χ4n) is 4.00. The van der Waals surface area contributed by atoms with E-state index in [1.807, 2.05) is 79.7 Å². The van der Waals surface area contributed by atoms with E-state index in [0.29, 0.717) is 45.6 Å². The fourth-order valence-corrected chi connectivity index (χ4v) is 5.11. The molecule has 0 spiro atoms. The van der Waals surface area contributed by atoms with Crippen LogP contribution in [0.15, 0.2) is 78.1 Å². The van der Waals surface area contributed by atoms with Gasteiger partial charge in [0.2, 0.25) is 0 Å². The van der Waals surface area contributed by atoms with Crippen molar-refractivity contribution in [3.8, 4) is 11.5 Å². The van der Waals surface area contributed by atoms with Crippen molar-refractivity contribution >= 4 is 45.0 Å². The van der Waals surface area contributed by atoms with Crippen molar-refractivity contribution in [1.82, 2.24) is 9.38 Å². The highest BCUT2D eigenvalue weighted by atomic mass is 35.5. The van der Waals surface area contributed by atoms with Crippen molar-refractivity contribution in [2.24, 2.45) is 0 Å². The first-order chi connectivity index (χ1) is 17.1. The minimum Gasteiger partial charge on any atom is -0.490 e. The summed E-state index contributed by atoms with van der Waals surface area (Å²) in [5.74, 6) is 1.31. The smallest absolute Gasteiger partial charge is 0.274 e. The first-order valence-electron chi connectivity index (χ1n) is 11.3. The molecule has 0 fully saturated rings. The third-order valence-corrected chi connectivity index (χ3v) is 6.78. The molecule has 0 aliphatic rings. The van der Waals surface area contributed by atoms with E-state index < -0.39 is 0 Å². The van der Waals surface area contributed by atoms with Gasteiger partial charge in [0.05, 0.1) is 22.2 Å². The van der Waals surface area contributed by atoms with Crippen molar-refractivity contribution in [3.05, 3.63) is 110 Å². The molecule has 0 aliphatic heterocycles. The molecule has 2 heterocycles. The molecule has 5 nitrogen and oxygen atoms in total. The van der Waals surface area contributed by atoms with Gasteiger partial charge in [0.15, 0.2) is 16.5 Å². The number of hydrogen-bond acceptors (Lipinski definition) is 5. The van der Waals surface area contributed by atoms with Gasteiger partial charge in [-0.2, -0.15) is 0 Å². The van der Waals surface area contributed by atoms with Crippen LogP contribution in [0.3, 0.4) is 0 Å². The van der Waals surface area contributed by atoms with Crippen LogP contribution in [-0.2, 0) is 13.0 Å². The predicted molar refractivity (Wildman–Crippen MR) is 143 cm³/mol. The summed E-state index contributed by atoms with van der Waals surface area (Å²) >= 11 is 7.38. The lowest BCUT2D eigenvalue weighted by Crippen LogP contribution is -2.22. The lowest BCUT2D eigenvalue weighted by molar-refractivity contribution is 0.267. The molecule has 5 aromatic rings. The number of halogens is 1. The summed E-state index contributed by atoms with van der Waals surface area (Å²) in [6.07, 6.45) is 4.31. The second-order valence-electron chi connectivity index (χ2n) is 7.98. The maximum atomic E-state index is 13.2. The van der Waals surface area contributed by atoms with E-state index in [0.717, 1.165) is 27.7 Å². The SMILES string of the molecule is C=CCc1cc(/C=c2\sc3nc4ccccc4n3c2=O)cc(OCC)c1OCc1ccc(Cl)cc1. The van der Waals surface area contributed by atoms with Gasteiger partial charge >= 0.3 is 0 Å². The minimum atomic E-state index is -0.0787. The van der Waals surface area contributed by atoms with E-state index in [2.05, 4.69) is 11.6 Å². The summed E-state index contributed by atoms with van der Waals surface area (Å²) in [6, 6.07) is 19.1. The zero-order valence-corrected chi connectivity index (χ0v) is 20.7. The molecular formula is C28H23ClN2O3S. The van der Waals surface area contributed by atoms with Crippen LogP contribution < -0.4 is 19.6 Å². The van der Waals surface area contributed by atoms with E-state index in [-0.39, 0.29) is 5.56 Å². The molecule has 0 radical (unpaired) electrons. The first-order valence-corrected chi connectivity index (χ1v) is 12.5. The van der Waals surface area contributed by atoms with Gasteiger partial charge in [0.25, 0.3) is 5.56 Å². The fraction of sp³-hybridized carbons (Fsp3) is 0.143. The van der Waals surface area contributed by atoms with Crippen molar-refractivity contribution in [1.29, 1.82) is 0 Å². The van der Waals surface area contributed by atoms with Gasteiger partial charge in [-0.3, -0.25) is 4.79 Å². The summed E-state index contributed by atoms with van der Waals surface area (Å²) in [4.78, 5) is 18.5. The molecule has 0 amide bonds. The number of nitrogens with zero attached hydrogens (tertiary/aromatic N) is 2. The summed E-state index contributed by atoms with van der Waals surface area (Å²) in [7, 11) is 0. The van der Waals surface area contributed by atoms with Crippen LogP contribution in [0.1, 0.15) is 23.6 Å². The van der Waals surface area contributed by atoms with E-state index in [9.17, 15) is 4.79 Å². The average molecular weight is 503 g/mol. The van der Waals surface area contributed by atoms with Crippen LogP contribution in [0.4, 0.5) is 0 Å². The molecule has 5 rings (SSSR count). The molecule has 35 heavy (non-hydrogen) atoms. The Balaban J connectivity index is 1.57. The van der Waals surface area contributed by atoms with Crippen LogP contribution >= 0.6 is 22.9 Å². The predicted octanol–water partition coefficient (Wildman–Crippen LogP) is 5.82. The molecule has 2 aromatic heterocycles. The molecule has 0 saturated heterocycles. The Labute approximate surface area is 211 Å². The Morgan fingerprint density at radius 3 is 2.69 bits per heavy atom. The Bertz CT molecular complexity index is 1640. The first kappa shape index (κ1) is 23.1. The van der Waals surface area contributed by atoms with Crippen LogP contribution in [-0.4, -0.2) is 16.0 Å². The number of benzene rings is 3. The van der Waals surface area contributed by atoms with Gasteiger partial charge in [-0.1, -0.05) is 53.3 Å². The average Bonchev–Trinajstić information content (AvgIpc) is 3.36. The number of hydrogen-bond donors (Lipinski definition) is 0. The van der Waals surface area contributed by atoms with E-state index >= 15 is 0 Å². The topological polar surface area (TPSA) is 52.8 Å². The second-order valence-corrected chi connectivity index (χ2v) is 9.43. The van der Waals surface area contributed by atoms with Crippen LogP contribution in [0.5, 0.6) is 11.5 Å². The largest absolute Gasteiger partial charge is 0.490 e. The molecule has 0 N–H and O–H groups in total. The monoisotopic (exact) mass is 502 g/mol. The van der Waals surface area contributed by atoms with Crippen LogP contribution in [0.25, 0.3) is 22.1 Å². The number of aromatic nitrogens is 2. The Morgan fingerprint density at radius 1 is 1.11 bits per heavy atom. The molecule has 0 bridgehead atoms. The molecular weight excluding hydrogens is 480 g/mol. The lowest BCUT2D eigenvalue weighted by atomic mass is 10.1. The van der Waals surface area contributed by atoms with Crippen LogP contribution in [0.2, 0.25) is 5.02 Å². The Hall–Kier alpha value is -3.61. The maximum absolute atomic E-state index is 13.2. The zero-order valence-electron chi connectivity index (χ0n) is 19.2. The molecule has 0 aliphatic carbocycles. The maximum Gasteiger partial charge on any atom is 0.274 e. The van der Waals surface area contributed by atoms with E-state index in [1.165, 1.54) is 11.3 Å². The molecule has 0 unspecified atom stereocenters. The Kier molecular flexibility index (Phi) is 6.57. The summed E-state index contributed by atoms with van der Waals surface area (Å²) < 4.78 is 14.4.